The quantitative estimate of drug-likeness (QED) is 0.661. The molecule has 3 aromatic rings. The number of benzene rings is 1. The molecule has 1 saturated carbocycles. The Bertz CT molecular complexity index is 917. The van der Waals surface area contributed by atoms with Gasteiger partial charge in [0.25, 0.3) is 0 Å². The lowest BCUT2D eigenvalue weighted by Gasteiger charge is -2.07. The molecule has 1 aliphatic carbocycles. The second-order valence-electron chi connectivity index (χ2n) is 6.02. The Balaban J connectivity index is 1.42. The zero-order valence-electron chi connectivity index (χ0n) is 14.3. The highest BCUT2D eigenvalue weighted by Gasteiger charge is 2.27. The molecule has 2 heterocycles. The standard InChI is InChI=1S/C18H18N4O2S2/c1-2-24-14-6-4-3-5-13(14)17-19-12(10-25-17)9-15(23)20-18-22-21-16(26-18)11-7-8-11/h3-6,10-11H,2,7-9H2,1H3,(H,20,22,23). The molecular weight excluding hydrogens is 368 g/mol. The van der Waals surface area contributed by atoms with Gasteiger partial charge in [0, 0.05) is 11.3 Å². The first-order valence-electron chi connectivity index (χ1n) is 8.52. The summed E-state index contributed by atoms with van der Waals surface area (Å²) < 4.78 is 5.66. The van der Waals surface area contributed by atoms with Crippen LogP contribution in [0.5, 0.6) is 5.75 Å². The number of para-hydroxylation sites is 1. The van der Waals surface area contributed by atoms with Crippen molar-refractivity contribution in [2.45, 2.75) is 32.1 Å². The summed E-state index contributed by atoms with van der Waals surface area (Å²) in [5.41, 5.74) is 1.69. The van der Waals surface area contributed by atoms with Crippen molar-refractivity contribution in [2.24, 2.45) is 0 Å². The minimum absolute atomic E-state index is 0.126. The van der Waals surface area contributed by atoms with Crippen molar-refractivity contribution in [1.82, 2.24) is 15.2 Å². The smallest absolute Gasteiger partial charge is 0.232 e. The van der Waals surface area contributed by atoms with Crippen molar-refractivity contribution in [3.05, 3.63) is 40.3 Å². The van der Waals surface area contributed by atoms with E-state index in [1.165, 1.54) is 35.5 Å². The Morgan fingerprint density at radius 1 is 1.31 bits per heavy atom. The van der Waals surface area contributed by atoms with Crippen LogP contribution >= 0.6 is 22.7 Å². The predicted octanol–water partition coefficient (Wildman–Crippen LogP) is 4.12. The van der Waals surface area contributed by atoms with E-state index in [1.807, 2.05) is 36.6 Å². The summed E-state index contributed by atoms with van der Waals surface area (Å²) in [6.07, 6.45) is 2.56. The van der Waals surface area contributed by atoms with Crippen LogP contribution in [0.25, 0.3) is 10.6 Å². The molecule has 1 fully saturated rings. The summed E-state index contributed by atoms with van der Waals surface area (Å²) in [5, 5.41) is 15.3. The summed E-state index contributed by atoms with van der Waals surface area (Å²) in [4.78, 5) is 16.9. The molecule has 26 heavy (non-hydrogen) atoms. The second-order valence-corrected chi connectivity index (χ2v) is 7.89. The molecule has 0 spiro atoms. The number of nitrogens with one attached hydrogen (secondary N) is 1. The Hall–Kier alpha value is -2.32. The number of hydrogen-bond acceptors (Lipinski definition) is 7. The van der Waals surface area contributed by atoms with Gasteiger partial charge in [-0.15, -0.1) is 21.5 Å². The molecule has 134 valence electrons. The maximum atomic E-state index is 12.3. The van der Waals surface area contributed by atoms with Gasteiger partial charge in [-0.25, -0.2) is 4.98 Å². The monoisotopic (exact) mass is 386 g/mol. The van der Waals surface area contributed by atoms with Crippen molar-refractivity contribution in [1.29, 1.82) is 0 Å². The lowest BCUT2D eigenvalue weighted by molar-refractivity contribution is -0.115. The highest BCUT2D eigenvalue weighted by Crippen LogP contribution is 2.42. The van der Waals surface area contributed by atoms with Crippen LogP contribution in [-0.4, -0.2) is 27.7 Å². The fourth-order valence-electron chi connectivity index (χ4n) is 2.54. The zero-order valence-corrected chi connectivity index (χ0v) is 15.9. The number of hydrogen-bond donors (Lipinski definition) is 1. The van der Waals surface area contributed by atoms with Crippen molar-refractivity contribution in [3.8, 4) is 16.3 Å². The largest absolute Gasteiger partial charge is 0.493 e. The van der Waals surface area contributed by atoms with E-state index in [2.05, 4.69) is 20.5 Å². The molecule has 0 aliphatic heterocycles. The average molecular weight is 387 g/mol. The SMILES string of the molecule is CCOc1ccccc1-c1nc(CC(=O)Nc2nnc(C3CC3)s2)cs1. The molecule has 0 atom stereocenters. The second kappa shape index (κ2) is 7.51. The minimum atomic E-state index is -0.126. The van der Waals surface area contributed by atoms with Gasteiger partial charge in [0.05, 0.1) is 24.3 Å². The number of amides is 1. The first kappa shape index (κ1) is 17.1. The number of ether oxygens (including phenoxy) is 1. The molecule has 0 saturated heterocycles. The summed E-state index contributed by atoms with van der Waals surface area (Å²) in [6, 6.07) is 7.81. The fraction of sp³-hybridized carbons (Fsp3) is 0.333. The van der Waals surface area contributed by atoms with Gasteiger partial charge in [-0.05, 0) is 31.9 Å². The first-order chi connectivity index (χ1) is 12.7. The van der Waals surface area contributed by atoms with Crippen LogP contribution in [0, 0.1) is 0 Å². The predicted molar refractivity (Wildman–Crippen MR) is 103 cm³/mol. The van der Waals surface area contributed by atoms with Gasteiger partial charge in [-0.1, -0.05) is 23.5 Å². The fourth-order valence-corrected chi connectivity index (χ4v) is 4.32. The van der Waals surface area contributed by atoms with Crippen molar-refractivity contribution >= 4 is 33.7 Å². The van der Waals surface area contributed by atoms with Crippen LogP contribution in [0.15, 0.2) is 29.6 Å². The van der Waals surface area contributed by atoms with E-state index in [0.29, 0.717) is 17.7 Å². The van der Waals surface area contributed by atoms with E-state index < -0.39 is 0 Å². The molecule has 1 aliphatic rings. The third-order valence-corrected chi connectivity index (χ3v) is 5.85. The van der Waals surface area contributed by atoms with E-state index in [-0.39, 0.29) is 12.3 Å². The van der Waals surface area contributed by atoms with E-state index >= 15 is 0 Å². The third-order valence-electron chi connectivity index (χ3n) is 3.92. The van der Waals surface area contributed by atoms with Crippen molar-refractivity contribution in [3.63, 3.8) is 0 Å². The molecule has 4 rings (SSSR count). The Morgan fingerprint density at radius 2 is 2.15 bits per heavy atom. The Labute approximate surface area is 159 Å². The third kappa shape index (κ3) is 3.91. The number of nitrogens with zero attached hydrogens (tertiary/aromatic N) is 3. The summed E-state index contributed by atoms with van der Waals surface area (Å²) in [5.74, 6) is 1.23. The minimum Gasteiger partial charge on any atom is -0.493 e. The van der Waals surface area contributed by atoms with Crippen molar-refractivity contribution < 1.29 is 9.53 Å². The van der Waals surface area contributed by atoms with Gasteiger partial charge in [-0.2, -0.15) is 0 Å². The summed E-state index contributed by atoms with van der Waals surface area (Å²) >= 11 is 2.97. The maximum Gasteiger partial charge on any atom is 0.232 e. The number of rotatable bonds is 7. The van der Waals surface area contributed by atoms with E-state index in [9.17, 15) is 4.79 Å². The Morgan fingerprint density at radius 3 is 2.96 bits per heavy atom. The molecule has 0 unspecified atom stereocenters. The molecule has 8 heteroatoms. The zero-order chi connectivity index (χ0) is 17.9. The molecule has 1 N–H and O–H groups in total. The number of carbonyl (C=O) groups excluding carboxylic acids is 1. The molecule has 6 nitrogen and oxygen atoms in total. The van der Waals surface area contributed by atoms with Crippen LogP contribution in [0.4, 0.5) is 5.13 Å². The van der Waals surface area contributed by atoms with Crippen LogP contribution < -0.4 is 10.1 Å². The highest BCUT2D eigenvalue weighted by molar-refractivity contribution is 7.15. The van der Waals surface area contributed by atoms with Gasteiger partial charge < -0.3 is 10.1 Å². The van der Waals surface area contributed by atoms with Gasteiger partial charge in [0.15, 0.2) is 0 Å². The summed E-state index contributed by atoms with van der Waals surface area (Å²) in [6.45, 7) is 2.55. The topological polar surface area (TPSA) is 77.0 Å². The van der Waals surface area contributed by atoms with E-state index in [1.54, 1.807) is 0 Å². The Kier molecular flexibility index (Phi) is 4.94. The molecular formula is C18H18N4O2S2. The molecule has 0 bridgehead atoms. The van der Waals surface area contributed by atoms with Crippen LogP contribution in [-0.2, 0) is 11.2 Å². The van der Waals surface area contributed by atoms with Crippen LogP contribution in [0.3, 0.4) is 0 Å². The number of anilines is 1. The highest BCUT2D eigenvalue weighted by atomic mass is 32.1. The van der Waals surface area contributed by atoms with E-state index in [0.717, 1.165) is 27.0 Å². The first-order valence-corrected chi connectivity index (χ1v) is 10.2. The van der Waals surface area contributed by atoms with Crippen LogP contribution in [0.1, 0.15) is 36.4 Å². The lowest BCUT2D eigenvalue weighted by Crippen LogP contribution is -2.14. The lowest BCUT2D eigenvalue weighted by atomic mass is 10.2. The molecule has 1 amide bonds. The van der Waals surface area contributed by atoms with Gasteiger partial charge >= 0.3 is 0 Å². The molecule has 2 aromatic heterocycles. The number of thiazole rings is 1. The maximum absolute atomic E-state index is 12.3. The van der Waals surface area contributed by atoms with Crippen LogP contribution in [0.2, 0.25) is 0 Å². The van der Waals surface area contributed by atoms with Gasteiger partial charge in [0.1, 0.15) is 15.8 Å². The molecule has 1 aromatic carbocycles. The number of carbonyl (C=O) groups is 1. The normalized spacial score (nSPS) is 13.6. The van der Waals surface area contributed by atoms with Crippen molar-refractivity contribution in [2.75, 3.05) is 11.9 Å². The van der Waals surface area contributed by atoms with E-state index in [4.69, 9.17) is 4.74 Å². The average Bonchev–Trinajstić information content (AvgIpc) is 3.21. The molecule has 0 radical (unpaired) electrons. The van der Waals surface area contributed by atoms with Gasteiger partial charge in [-0.3, -0.25) is 4.79 Å². The van der Waals surface area contributed by atoms with Gasteiger partial charge in [0.2, 0.25) is 11.0 Å². The number of aromatic nitrogens is 3. The summed E-state index contributed by atoms with van der Waals surface area (Å²) in [7, 11) is 0.